The van der Waals surface area contributed by atoms with Crippen LogP contribution in [0.1, 0.15) is 6.92 Å². The molecule has 0 radical (unpaired) electrons. The molecule has 12 heavy (non-hydrogen) atoms. The van der Waals surface area contributed by atoms with Crippen molar-refractivity contribution < 1.29 is 0 Å². The van der Waals surface area contributed by atoms with Crippen molar-refractivity contribution >= 4 is 17.6 Å². The number of aromatic nitrogens is 1. The fraction of sp³-hybridized carbons (Fsp3) is 0.222. The Hall–Kier alpha value is -0.960. The Labute approximate surface area is 76.3 Å². The molecule has 0 bridgehead atoms. The second kappa shape index (κ2) is 3.19. The van der Waals surface area contributed by atoms with Crippen LogP contribution in [0.3, 0.4) is 0 Å². The van der Waals surface area contributed by atoms with Crippen LogP contribution in [0, 0.1) is 0 Å². The molecule has 0 fully saturated rings. The largest absolute Gasteiger partial charge is 0.320 e. The van der Waals surface area contributed by atoms with E-state index in [2.05, 4.69) is 22.2 Å². The minimum atomic E-state index is 0.989. The van der Waals surface area contributed by atoms with Gasteiger partial charge in [-0.05, 0) is 24.5 Å². The van der Waals surface area contributed by atoms with E-state index in [1.165, 1.54) is 5.70 Å². The highest BCUT2D eigenvalue weighted by molar-refractivity contribution is 8.02. The number of pyridine rings is 1. The standard InChI is InChI=1S/C9H10N2S/c1-8-6-12-7-11(8)9-4-2-3-5-10-9/h2-6H,7H2,1H3. The molecule has 1 aromatic heterocycles. The van der Waals surface area contributed by atoms with Gasteiger partial charge in [-0.3, -0.25) is 0 Å². The number of thioether (sulfide) groups is 1. The highest BCUT2D eigenvalue weighted by Gasteiger charge is 2.13. The summed E-state index contributed by atoms with van der Waals surface area (Å²) in [6, 6.07) is 5.98. The van der Waals surface area contributed by atoms with Gasteiger partial charge in [-0.15, -0.1) is 11.8 Å². The van der Waals surface area contributed by atoms with Gasteiger partial charge in [-0.25, -0.2) is 4.98 Å². The van der Waals surface area contributed by atoms with Crippen molar-refractivity contribution in [1.29, 1.82) is 0 Å². The molecule has 0 N–H and O–H groups in total. The van der Waals surface area contributed by atoms with Gasteiger partial charge in [0.2, 0.25) is 0 Å². The average Bonchev–Trinajstić information content (AvgIpc) is 2.53. The Kier molecular flexibility index (Phi) is 2.04. The van der Waals surface area contributed by atoms with Crippen molar-refractivity contribution in [2.45, 2.75) is 6.92 Å². The summed E-state index contributed by atoms with van der Waals surface area (Å²) in [5.74, 6) is 2.03. The number of nitrogens with zero attached hydrogens (tertiary/aromatic N) is 2. The van der Waals surface area contributed by atoms with Gasteiger partial charge in [0.05, 0.1) is 5.88 Å². The molecule has 0 saturated heterocycles. The Bertz CT molecular complexity index is 295. The Morgan fingerprint density at radius 2 is 2.42 bits per heavy atom. The third-order valence-electron chi connectivity index (χ3n) is 1.81. The van der Waals surface area contributed by atoms with E-state index in [-0.39, 0.29) is 0 Å². The van der Waals surface area contributed by atoms with E-state index in [0.29, 0.717) is 0 Å². The summed E-state index contributed by atoms with van der Waals surface area (Å²) in [4.78, 5) is 6.48. The summed E-state index contributed by atoms with van der Waals surface area (Å²) in [7, 11) is 0. The zero-order chi connectivity index (χ0) is 8.39. The third kappa shape index (κ3) is 1.32. The summed E-state index contributed by atoms with van der Waals surface area (Å²) in [6.45, 7) is 2.11. The minimum Gasteiger partial charge on any atom is -0.320 e. The van der Waals surface area contributed by atoms with Crippen LogP contribution in [0.5, 0.6) is 0 Å². The van der Waals surface area contributed by atoms with Gasteiger partial charge in [0.15, 0.2) is 0 Å². The molecule has 0 saturated carbocycles. The molecule has 2 heterocycles. The van der Waals surface area contributed by atoms with E-state index < -0.39 is 0 Å². The summed E-state index contributed by atoms with van der Waals surface area (Å²) in [5, 5.41) is 2.16. The molecule has 62 valence electrons. The first kappa shape index (κ1) is 7.68. The number of anilines is 1. The van der Waals surface area contributed by atoms with Gasteiger partial charge < -0.3 is 4.90 Å². The summed E-state index contributed by atoms with van der Waals surface area (Å²) in [5.41, 5.74) is 1.28. The first-order valence-electron chi connectivity index (χ1n) is 3.85. The van der Waals surface area contributed by atoms with Crippen LogP contribution >= 0.6 is 11.8 Å². The highest BCUT2D eigenvalue weighted by Crippen LogP contribution is 2.26. The molecular formula is C9H10N2S. The van der Waals surface area contributed by atoms with Crippen LogP contribution in [0.4, 0.5) is 5.82 Å². The van der Waals surface area contributed by atoms with Gasteiger partial charge in [0.25, 0.3) is 0 Å². The smallest absolute Gasteiger partial charge is 0.133 e. The SMILES string of the molecule is CC1=CSCN1c1ccccn1. The second-order valence-electron chi connectivity index (χ2n) is 2.67. The molecule has 0 unspecified atom stereocenters. The van der Waals surface area contributed by atoms with Crippen LogP contribution < -0.4 is 4.90 Å². The highest BCUT2D eigenvalue weighted by atomic mass is 32.2. The van der Waals surface area contributed by atoms with Crippen LogP contribution in [-0.4, -0.2) is 10.9 Å². The molecule has 1 aromatic rings. The van der Waals surface area contributed by atoms with Crippen molar-refractivity contribution in [2.75, 3.05) is 10.8 Å². The predicted molar refractivity (Wildman–Crippen MR) is 52.9 cm³/mol. The molecular weight excluding hydrogens is 168 g/mol. The zero-order valence-electron chi connectivity index (χ0n) is 6.90. The Morgan fingerprint density at radius 3 is 3.00 bits per heavy atom. The van der Waals surface area contributed by atoms with Gasteiger partial charge in [-0.2, -0.15) is 0 Å². The maximum Gasteiger partial charge on any atom is 0.133 e. The van der Waals surface area contributed by atoms with E-state index in [4.69, 9.17) is 0 Å². The molecule has 1 aliphatic rings. The summed E-state index contributed by atoms with van der Waals surface area (Å²) in [6.07, 6.45) is 1.82. The predicted octanol–water partition coefficient (Wildman–Crippen LogP) is 2.45. The fourth-order valence-electron chi connectivity index (χ4n) is 1.16. The molecule has 0 spiro atoms. The van der Waals surface area contributed by atoms with E-state index in [0.717, 1.165) is 11.7 Å². The molecule has 2 nitrogen and oxygen atoms in total. The van der Waals surface area contributed by atoms with E-state index in [1.807, 2.05) is 36.2 Å². The van der Waals surface area contributed by atoms with Crippen molar-refractivity contribution in [3.8, 4) is 0 Å². The van der Waals surface area contributed by atoms with E-state index >= 15 is 0 Å². The molecule has 0 aliphatic carbocycles. The van der Waals surface area contributed by atoms with Crippen molar-refractivity contribution in [1.82, 2.24) is 4.98 Å². The number of allylic oxidation sites excluding steroid dienone is 1. The molecule has 1 aliphatic heterocycles. The Balaban J connectivity index is 2.27. The first-order chi connectivity index (χ1) is 5.88. The normalized spacial score (nSPS) is 16.4. The zero-order valence-corrected chi connectivity index (χ0v) is 7.71. The van der Waals surface area contributed by atoms with Gasteiger partial charge in [0, 0.05) is 11.9 Å². The molecule has 2 rings (SSSR count). The minimum absolute atomic E-state index is 0.989. The van der Waals surface area contributed by atoms with Crippen LogP contribution in [-0.2, 0) is 0 Å². The van der Waals surface area contributed by atoms with Crippen LogP contribution in [0.25, 0.3) is 0 Å². The fourth-order valence-corrected chi connectivity index (χ4v) is 2.09. The van der Waals surface area contributed by atoms with Crippen molar-refractivity contribution in [3.63, 3.8) is 0 Å². The van der Waals surface area contributed by atoms with Crippen molar-refractivity contribution in [2.24, 2.45) is 0 Å². The third-order valence-corrected chi connectivity index (χ3v) is 2.72. The lowest BCUT2D eigenvalue weighted by atomic mass is 10.4. The second-order valence-corrected chi connectivity index (χ2v) is 3.50. The van der Waals surface area contributed by atoms with Crippen LogP contribution in [0.2, 0.25) is 0 Å². The van der Waals surface area contributed by atoms with Gasteiger partial charge in [0.1, 0.15) is 5.82 Å². The number of hydrogen-bond acceptors (Lipinski definition) is 3. The topological polar surface area (TPSA) is 16.1 Å². The monoisotopic (exact) mass is 178 g/mol. The lowest BCUT2D eigenvalue weighted by Gasteiger charge is -2.17. The molecule has 3 heteroatoms. The Morgan fingerprint density at radius 1 is 1.50 bits per heavy atom. The summed E-state index contributed by atoms with van der Waals surface area (Å²) >= 11 is 1.81. The number of rotatable bonds is 1. The van der Waals surface area contributed by atoms with Gasteiger partial charge in [-0.1, -0.05) is 6.07 Å². The molecule has 0 amide bonds. The molecule has 0 aromatic carbocycles. The maximum absolute atomic E-state index is 4.28. The maximum atomic E-state index is 4.28. The van der Waals surface area contributed by atoms with E-state index in [9.17, 15) is 0 Å². The first-order valence-corrected chi connectivity index (χ1v) is 4.90. The lowest BCUT2D eigenvalue weighted by molar-refractivity contribution is 1.04. The quantitative estimate of drug-likeness (QED) is 0.657. The van der Waals surface area contributed by atoms with Gasteiger partial charge >= 0.3 is 0 Å². The van der Waals surface area contributed by atoms with Crippen molar-refractivity contribution in [3.05, 3.63) is 35.5 Å². The summed E-state index contributed by atoms with van der Waals surface area (Å²) < 4.78 is 0. The number of hydrogen-bond donors (Lipinski definition) is 0. The average molecular weight is 178 g/mol. The molecule has 0 atom stereocenters. The van der Waals surface area contributed by atoms with E-state index in [1.54, 1.807) is 0 Å². The lowest BCUT2D eigenvalue weighted by Crippen LogP contribution is -2.16. The van der Waals surface area contributed by atoms with Crippen LogP contribution in [0.15, 0.2) is 35.5 Å².